The van der Waals surface area contributed by atoms with Crippen molar-refractivity contribution in [3.8, 4) is 0 Å². The monoisotopic (exact) mass is 352 g/mol. The highest BCUT2D eigenvalue weighted by Gasteiger charge is 2.29. The van der Waals surface area contributed by atoms with Gasteiger partial charge in [-0.1, -0.05) is 13.8 Å². The summed E-state index contributed by atoms with van der Waals surface area (Å²) in [6.45, 7) is 6.33. The zero-order chi connectivity index (χ0) is 17.7. The molecule has 24 heavy (non-hydrogen) atoms. The zero-order valence-corrected chi connectivity index (χ0v) is 16.6. The highest BCUT2D eigenvalue weighted by atomic mass is 32.2. The Hall–Kier alpha value is -1.01. The van der Waals surface area contributed by atoms with Gasteiger partial charge in [-0.15, -0.1) is 0 Å². The lowest BCUT2D eigenvalue weighted by Crippen LogP contribution is -2.36. The SMILES string of the molecule is CSCCCNC1CCc2c(c(C(=O)N(C)C)nn2CC(C)C)C1. The van der Waals surface area contributed by atoms with E-state index in [0.717, 1.165) is 32.4 Å². The molecule has 0 aromatic carbocycles. The fraction of sp³-hybridized carbons (Fsp3) is 0.778. The van der Waals surface area contributed by atoms with Crippen LogP contribution in [0.25, 0.3) is 0 Å². The fourth-order valence-electron chi connectivity index (χ4n) is 3.27. The second-order valence-electron chi connectivity index (χ2n) is 7.29. The number of aromatic nitrogens is 2. The maximum Gasteiger partial charge on any atom is 0.274 e. The quantitative estimate of drug-likeness (QED) is 0.730. The lowest BCUT2D eigenvalue weighted by atomic mass is 9.91. The second-order valence-corrected chi connectivity index (χ2v) is 8.28. The first-order chi connectivity index (χ1) is 11.4. The van der Waals surface area contributed by atoms with Gasteiger partial charge in [-0.3, -0.25) is 9.48 Å². The molecule has 1 aliphatic carbocycles. The van der Waals surface area contributed by atoms with E-state index in [9.17, 15) is 4.79 Å². The summed E-state index contributed by atoms with van der Waals surface area (Å²) in [5.41, 5.74) is 3.10. The summed E-state index contributed by atoms with van der Waals surface area (Å²) in [4.78, 5) is 14.2. The Morgan fingerprint density at radius 3 is 2.83 bits per heavy atom. The summed E-state index contributed by atoms with van der Waals surface area (Å²) in [6, 6.07) is 0.463. The van der Waals surface area contributed by atoms with Crippen LogP contribution in [0.2, 0.25) is 0 Å². The van der Waals surface area contributed by atoms with Crippen LogP contribution >= 0.6 is 11.8 Å². The molecule has 0 radical (unpaired) electrons. The van der Waals surface area contributed by atoms with Gasteiger partial charge in [0, 0.05) is 37.9 Å². The van der Waals surface area contributed by atoms with E-state index in [4.69, 9.17) is 5.10 Å². The molecule has 1 atom stereocenters. The van der Waals surface area contributed by atoms with Crippen molar-refractivity contribution < 1.29 is 4.79 Å². The summed E-state index contributed by atoms with van der Waals surface area (Å²) >= 11 is 1.89. The highest BCUT2D eigenvalue weighted by molar-refractivity contribution is 7.98. The molecule has 0 saturated carbocycles. The molecule has 1 aromatic rings. The molecule has 136 valence electrons. The van der Waals surface area contributed by atoms with Crippen LogP contribution in [0.3, 0.4) is 0 Å². The van der Waals surface area contributed by atoms with Gasteiger partial charge < -0.3 is 10.2 Å². The van der Waals surface area contributed by atoms with Crippen LogP contribution < -0.4 is 5.32 Å². The van der Waals surface area contributed by atoms with Crippen LogP contribution in [-0.2, 0) is 19.4 Å². The molecular weight excluding hydrogens is 320 g/mol. The maximum absolute atomic E-state index is 12.5. The van der Waals surface area contributed by atoms with Crippen molar-refractivity contribution >= 4 is 17.7 Å². The molecule has 0 spiro atoms. The molecule has 2 rings (SSSR count). The van der Waals surface area contributed by atoms with Gasteiger partial charge >= 0.3 is 0 Å². The van der Waals surface area contributed by atoms with Crippen molar-refractivity contribution in [2.24, 2.45) is 5.92 Å². The Labute approximate surface area is 150 Å². The van der Waals surface area contributed by atoms with Gasteiger partial charge in [-0.2, -0.15) is 16.9 Å². The van der Waals surface area contributed by atoms with Crippen molar-refractivity contribution in [2.45, 2.75) is 52.1 Å². The Bertz CT molecular complexity index is 553. The summed E-state index contributed by atoms with van der Waals surface area (Å²) < 4.78 is 2.08. The smallest absolute Gasteiger partial charge is 0.274 e. The largest absolute Gasteiger partial charge is 0.343 e. The number of hydrogen-bond acceptors (Lipinski definition) is 4. The van der Waals surface area contributed by atoms with Crippen LogP contribution in [-0.4, -0.2) is 59.3 Å². The minimum Gasteiger partial charge on any atom is -0.343 e. The molecule has 1 heterocycles. The van der Waals surface area contributed by atoms with Crippen molar-refractivity contribution in [2.75, 3.05) is 32.6 Å². The first kappa shape index (κ1) is 19.3. The molecule has 1 amide bonds. The average Bonchev–Trinajstić information content (AvgIpc) is 2.88. The predicted molar refractivity (Wildman–Crippen MR) is 102 cm³/mol. The van der Waals surface area contributed by atoms with Gasteiger partial charge in [0.1, 0.15) is 0 Å². The molecule has 0 saturated heterocycles. The molecule has 1 aliphatic rings. The molecule has 1 N–H and O–H groups in total. The van der Waals surface area contributed by atoms with Crippen LogP contribution in [0.4, 0.5) is 0 Å². The Balaban J connectivity index is 2.16. The summed E-state index contributed by atoms with van der Waals surface area (Å²) in [5.74, 6) is 1.75. The van der Waals surface area contributed by atoms with Crippen LogP contribution in [0.15, 0.2) is 0 Å². The van der Waals surface area contributed by atoms with Crippen molar-refractivity contribution in [3.63, 3.8) is 0 Å². The third-order valence-corrected chi connectivity index (χ3v) is 5.15. The Kier molecular flexibility index (Phi) is 7.16. The molecule has 1 unspecified atom stereocenters. The number of amides is 1. The number of rotatable bonds is 8. The van der Waals surface area contributed by atoms with Crippen LogP contribution in [0.1, 0.15) is 48.4 Å². The van der Waals surface area contributed by atoms with Crippen LogP contribution in [0, 0.1) is 5.92 Å². The van der Waals surface area contributed by atoms with Gasteiger partial charge in [0.25, 0.3) is 5.91 Å². The second kappa shape index (κ2) is 8.90. The van der Waals surface area contributed by atoms with Crippen molar-refractivity contribution in [1.29, 1.82) is 0 Å². The first-order valence-corrected chi connectivity index (χ1v) is 10.4. The molecule has 1 aromatic heterocycles. The van der Waals surface area contributed by atoms with E-state index in [2.05, 4.69) is 30.1 Å². The zero-order valence-electron chi connectivity index (χ0n) is 15.8. The first-order valence-electron chi connectivity index (χ1n) is 8.96. The highest BCUT2D eigenvalue weighted by Crippen LogP contribution is 2.26. The maximum atomic E-state index is 12.5. The van der Waals surface area contributed by atoms with Crippen LogP contribution in [0.5, 0.6) is 0 Å². The van der Waals surface area contributed by atoms with E-state index < -0.39 is 0 Å². The summed E-state index contributed by atoms with van der Waals surface area (Å²) in [7, 11) is 3.61. The molecule has 6 heteroatoms. The summed E-state index contributed by atoms with van der Waals surface area (Å²) in [5, 5.41) is 8.36. The number of hydrogen-bond donors (Lipinski definition) is 1. The van der Waals surface area contributed by atoms with E-state index in [-0.39, 0.29) is 5.91 Å². The third-order valence-electron chi connectivity index (χ3n) is 4.45. The van der Waals surface area contributed by atoms with E-state index in [0.29, 0.717) is 17.7 Å². The number of fused-ring (bicyclic) bond motifs is 1. The topological polar surface area (TPSA) is 50.2 Å². The number of thioether (sulfide) groups is 1. The number of nitrogens with zero attached hydrogens (tertiary/aromatic N) is 3. The molecular formula is C18H32N4OS. The standard InChI is InChI=1S/C18H32N4OS/c1-13(2)12-22-16-8-7-14(19-9-6-10-24-5)11-15(16)17(20-22)18(23)21(3)4/h13-14,19H,6-12H2,1-5H3. The average molecular weight is 353 g/mol. The summed E-state index contributed by atoms with van der Waals surface area (Å²) in [6.07, 6.45) is 6.40. The molecule has 5 nitrogen and oxygen atoms in total. The van der Waals surface area contributed by atoms with Gasteiger partial charge in [0.15, 0.2) is 5.69 Å². The van der Waals surface area contributed by atoms with E-state index >= 15 is 0 Å². The van der Waals surface area contributed by atoms with Gasteiger partial charge in [-0.25, -0.2) is 0 Å². The van der Waals surface area contributed by atoms with Crippen molar-refractivity contribution in [3.05, 3.63) is 17.0 Å². The Morgan fingerprint density at radius 2 is 2.21 bits per heavy atom. The molecule has 0 fully saturated rings. The molecule has 0 bridgehead atoms. The molecule has 0 aliphatic heterocycles. The number of carbonyl (C=O) groups is 1. The third kappa shape index (κ3) is 4.76. The Morgan fingerprint density at radius 1 is 1.46 bits per heavy atom. The van der Waals surface area contributed by atoms with Gasteiger partial charge in [0.05, 0.1) is 0 Å². The number of nitrogens with one attached hydrogen (secondary N) is 1. The van der Waals surface area contributed by atoms with E-state index in [1.807, 2.05) is 11.8 Å². The fourth-order valence-corrected chi connectivity index (χ4v) is 3.70. The van der Waals surface area contributed by atoms with Gasteiger partial charge in [0.2, 0.25) is 0 Å². The van der Waals surface area contributed by atoms with E-state index in [1.54, 1.807) is 19.0 Å². The minimum absolute atomic E-state index is 0.0248. The van der Waals surface area contributed by atoms with E-state index in [1.165, 1.54) is 23.4 Å². The minimum atomic E-state index is 0.0248. The normalized spacial score (nSPS) is 17.2. The van der Waals surface area contributed by atoms with Gasteiger partial charge in [-0.05, 0) is 50.2 Å². The van der Waals surface area contributed by atoms with Crippen molar-refractivity contribution in [1.82, 2.24) is 20.0 Å². The predicted octanol–water partition coefficient (Wildman–Crippen LogP) is 2.44. The lowest BCUT2D eigenvalue weighted by Gasteiger charge is -2.25. The lowest BCUT2D eigenvalue weighted by molar-refractivity contribution is 0.0819. The number of carbonyl (C=O) groups excluding carboxylic acids is 1.